The molecule has 1 rings (SSSR count). The van der Waals surface area contributed by atoms with Gasteiger partial charge in [-0.3, -0.25) is 0 Å². The van der Waals surface area contributed by atoms with E-state index in [1.54, 1.807) is 0 Å². The van der Waals surface area contributed by atoms with Crippen LogP contribution in [0.4, 0.5) is 26.3 Å². The summed E-state index contributed by atoms with van der Waals surface area (Å²) >= 11 is 0. The van der Waals surface area contributed by atoms with Gasteiger partial charge in [0, 0.05) is 25.0 Å². The zero-order valence-corrected chi connectivity index (χ0v) is 17.0. The molecule has 0 N–H and O–H groups in total. The molecule has 0 amide bonds. The third-order valence-electron chi connectivity index (χ3n) is 3.60. The third-order valence-corrected chi connectivity index (χ3v) is 6.34. The summed E-state index contributed by atoms with van der Waals surface area (Å²) in [4.78, 5) is 0. The number of sulfonamides is 2. The minimum Gasteiger partial charge on any atom is -0.421 e. The lowest BCUT2D eigenvalue weighted by Gasteiger charge is -2.22. The van der Waals surface area contributed by atoms with Crippen LogP contribution < -0.4 is 4.57 Å². The average Bonchev–Trinajstić information content (AvgIpc) is 2.49. The van der Waals surface area contributed by atoms with Gasteiger partial charge in [0.1, 0.15) is 6.54 Å². The molecule has 6 nitrogen and oxygen atoms in total. The predicted molar refractivity (Wildman–Crippen MR) is 89.1 cm³/mol. The SMILES string of the molecule is CCCC[n+]1ccc(C)c(C)c1C.O=S(=O)([N-]S(=O)(=O)C(F)(F)F)C(F)(F)F. The van der Waals surface area contributed by atoms with Gasteiger partial charge >= 0.3 is 11.0 Å². The van der Waals surface area contributed by atoms with Crippen LogP contribution in [0.15, 0.2) is 12.3 Å². The van der Waals surface area contributed by atoms with E-state index in [4.69, 9.17) is 0 Å². The van der Waals surface area contributed by atoms with Crippen molar-refractivity contribution in [1.29, 1.82) is 0 Å². The van der Waals surface area contributed by atoms with Gasteiger partial charge in [-0.05, 0) is 19.4 Å². The quantitative estimate of drug-likeness (QED) is 0.497. The Hall–Kier alpha value is -1.41. The number of nitrogens with zero attached hydrogens (tertiary/aromatic N) is 2. The van der Waals surface area contributed by atoms with E-state index < -0.39 is 31.1 Å². The summed E-state index contributed by atoms with van der Waals surface area (Å²) in [6.07, 6.45) is 4.74. The van der Waals surface area contributed by atoms with E-state index in [2.05, 4.69) is 44.5 Å². The number of hydrogen-bond donors (Lipinski definition) is 0. The van der Waals surface area contributed by atoms with Gasteiger partial charge in [-0.1, -0.05) is 13.3 Å². The standard InChI is InChI=1S/C12H20N.C2F6NO4S2/c1-5-6-8-13-9-7-10(2)11(3)12(13)4;3-1(4,5)14(10,11)9-15(12,13)2(6,7)8/h7,9H,5-6,8H2,1-4H3;/q+1;-1. The van der Waals surface area contributed by atoms with Gasteiger partial charge in [0.2, 0.25) is 0 Å². The maximum Gasteiger partial charge on any atom is 0.480 e. The second-order valence-corrected chi connectivity index (χ2v) is 9.09. The molecule has 1 aromatic rings. The van der Waals surface area contributed by atoms with Gasteiger partial charge in [-0.25, -0.2) is 21.4 Å². The lowest BCUT2D eigenvalue weighted by molar-refractivity contribution is -0.703. The highest BCUT2D eigenvalue weighted by Gasteiger charge is 2.46. The fraction of sp³-hybridized carbons (Fsp3) is 0.643. The molecule has 0 radical (unpaired) electrons. The third kappa shape index (κ3) is 7.20. The Morgan fingerprint density at radius 1 is 0.929 bits per heavy atom. The summed E-state index contributed by atoms with van der Waals surface area (Å²) in [5.41, 5.74) is -8.17. The molecular weight excluding hydrogens is 438 g/mol. The molecule has 28 heavy (non-hydrogen) atoms. The molecule has 1 aromatic heterocycles. The Bertz CT molecular complexity index is 836. The number of rotatable bonds is 5. The Morgan fingerprint density at radius 2 is 1.36 bits per heavy atom. The Morgan fingerprint density at radius 3 is 1.71 bits per heavy atom. The van der Waals surface area contributed by atoms with Gasteiger partial charge in [0.15, 0.2) is 31.9 Å². The zero-order chi connectivity index (χ0) is 22.6. The minimum atomic E-state index is -6.72. The lowest BCUT2D eigenvalue weighted by atomic mass is 10.1. The maximum atomic E-state index is 11.4. The predicted octanol–water partition coefficient (Wildman–Crippen LogP) is 3.76. The Kier molecular flexibility index (Phi) is 8.92. The van der Waals surface area contributed by atoms with Crippen LogP contribution in [-0.4, -0.2) is 27.9 Å². The van der Waals surface area contributed by atoms with Gasteiger partial charge in [0.05, 0.1) is 0 Å². The van der Waals surface area contributed by atoms with Crippen LogP contribution >= 0.6 is 0 Å². The second kappa shape index (κ2) is 9.39. The van der Waals surface area contributed by atoms with Crippen molar-refractivity contribution in [2.45, 2.75) is 58.1 Å². The number of halogens is 6. The van der Waals surface area contributed by atoms with E-state index in [0.29, 0.717) is 0 Å². The normalized spacial score (nSPS) is 13.1. The van der Waals surface area contributed by atoms with E-state index in [1.807, 2.05) is 0 Å². The molecule has 0 saturated heterocycles. The molecule has 0 bridgehead atoms. The molecule has 0 unspecified atom stereocenters. The smallest absolute Gasteiger partial charge is 0.421 e. The van der Waals surface area contributed by atoms with Crippen LogP contribution in [0.2, 0.25) is 0 Å². The first-order valence-corrected chi connectivity index (χ1v) is 10.6. The van der Waals surface area contributed by atoms with Gasteiger partial charge in [-0.2, -0.15) is 26.3 Å². The van der Waals surface area contributed by atoms with Gasteiger partial charge in [0.25, 0.3) is 0 Å². The van der Waals surface area contributed by atoms with E-state index in [9.17, 15) is 43.2 Å². The van der Waals surface area contributed by atoms with E-state index in [1.165, 1.54) is 29.7 Å². The lowest BCUT2D eigenvalue weighted by Crippen LogP contribution is -2.37. The van der Waals surface area contributed by atoms with Crippen LogP contribution in [0.1, 0.15) is 36.6 Å². The van der Waals surface area contributed by atoms with Crippen molar-refractivity contribution in [1.82, 2.24) is 0 Å². The molecule has 1 heterocycles. The summed E-state index contributed by atoms with van der Waals surface area (Å²) < 4.78 is 112. The number of alkyl halides is 6. The van der Waals surface area contributed by atoms with Crippen molar-refractivity contribution in [2.24, 2.45) is 0 Å². The summed E-state index contributed by atoms with van der Waals surface area (Å²) in [5.74, 6) is 0. The summed E-state index contributed by atoms with van der Waals surface area (Å²) in [6, 6.07) is 2.21. The average molecular weight is 458 g/mol. The van der Waals surface area contributed by atoms with Crippen LogP contribution in [0, 0.1) is 20.8 Å². The van der Waals surface area contributed by atoms with Crippen LogP contribution in [0.25, 0.3) is 4.13 Å². The first kappa shape index (κ1) is 26.6. The fourth-order valence-corrected chi connectivity index (χ4v) is 3.43. The molecule has 14 heteroatoms. The number of pyridine rings is 1. The summed E-state index contributed by atoms with van der Waals surface area (Å²) in [6.45, 7) is 9.97. The van der Waals surface area contributed by atoms with E-state index >= 15 is 0 Å². The van der Waals surface area contributed by atoms with E-state index in [0.717, 1.165) is 10.7 Å². The monoisotopic (exact) mass is 458 g/mol. The first-order chi connectivity index (χ1) is 12.4. The highest BCUT2D eigenvalue weighted by atomic mass is 32.3. The van der Waals surface area contributed by atoms with Crippen molar-refractivity contribution in [2.75, 3.05) is 0 Å². The van der Waals surface area contributed by atoms with Gasteiger partial charge < -0.3 is 4.13 Å². The molecule has 0 aliphatic heterocycles. The first-order valence-electron chi connectivity index (χ1n) is 7.70. The maximum absolute atomic E-state index is 11.4. The summed E-state index contributed by atoms with van der Waals surface area (Å²) in [7, 11) is -13.4. The van der Waals surface area contributed by atoms with Crippen LogP contribution in [-0.2, 0) is 26.6 Å². The molecule has 0 saturated carbocycles. The van der Waals surface area contributed by atoms with Crippen molar-refractivity contribution in [3.05, 3.63) is 33.2 Å². The van der Waals surface area contributed by atoms with Crippen molar-refractivity contribution in [3.8, 4) is 0 Å². The zero-order valence-electron chi connectivity index (χ0n) is 15.4. The molecule has 164 valence electrons. The molecule has 0 aromatic carbocycles. The Labute approximate surface area is 159 Å². The highest BCUT2D eigenvalue weighted by molar-refractivity contribution is 8.13. The largest absolute Gasteiger partial charge is 0.480 e. The van der Waals surface area contributed by atoms with Crippen molar-refractivity contribution in [3.63, 3.8) is 0 Å². The number of unbranched alkanes of at least 4 members (excludes halogenated alkanes) is 1. The Balaban J connectivity index is 0.000000525. The number of aryl methyl sites for hydroxylation is 2. The number of hydrogen-bond acceptors (Lipinski definition) is 4. The molecule has 0 aliphatic carbocycles. The second-order valence-electron chi connectivity index (χ2n) is 5.67. The molecule has 0 fully saturated rings. The van der Waals surface area contributed by atoms with Gasteiger partial charge in [-0.15, -0.1) is 0 Å². The van der Waals surface area contributed by atoms with E-state index in [-0.39, 0.29) is 0 Å². The van der Waals surface area contributed by atoms with Crippen LogP contribution in [0.3, 0.4) is 0 Å². The fourth-order valence-electron chi connectivity index (χ4n) is 1.72. The molecule has 0 atom stereocenters. The van der Waals surface area contributed by atoms with Crippen LogP contribution in [0.5, 0.6) is 0 Å². The molecular formula is C14H20F6N2O4S2. The molecule has 0 spiro atoms. The highest BCUT2D eigenvalue weighted by Crippen LogP contribution is 2.36. The molecule has 0 aliphatic rings. The minimum absolute atomic E-state index is 0.778. The topological polar surface area (TPSA) is 86.3 Å². The number of aromatic nitrogens is 1. The summed E-state index contributed by atoms with van der Waals surface area (Å²) in [5, 5.41) is 0. The van der Waals surface area contributed by atoms with Crippen molar-refractivity contribution >= 4 is 20.0 Å². The van der Waals surface area contributed by atoms with Crippen molar-refractivity contribution < 1.29 is 47.7 Å².